The molecule has 0 radical (unpaired) electrons. The summed E-state index contributed by atoms with van der Waals surface area (Å²) in [5.41, 5.74) is 1.53. The number of sulfonamides is 1. The number of hydrogen-bond acceptors (Lipinski definition) is 4. The molecule has 118 valence electrons. The molecule has 3 rings (SSSR count). The van der Waals surface area contributed by atoms with Gasteiger partial charge >= 0.3 is 0 Å². The van der Waals surface area contributed by atoms with Crippen LogP contribution in [0.5, 0.6) is 0 Å². The molecule has 1 N–H and O–H groups in total. The van der Waals surface area contributed by atoms with Crippen molar-refractivity contribution in [3.63, 3.8) is 0 Å². The van der Waals surface area contributed by atoms with Crippen LogP contribution in [-0.4, -0.2) is 42.1 Å². The van der Waals surface area contributed by atoms with Crippen molar-refractivity contribution < 1.29 is 8.42 Å². The molecule has 1 aromatic carbocycles. The standard InChI is InChI=1S/C15H20N4O2S/c1-12-15(11-18(2)17-12)22(20,21)19-9-8-16-10-14(19)13-6-4-3-5-7-13/h3-7,11,14,16H,8-10H2,1-2H3/t14-/m1/s1. The van der Waals surface area contributed by atoms with Crippen LogP contribution in [0.1, 0.15) is 17.3 Å². The Hall–Kier alpha value is -1.70. The van der Waals surface area contributed by atoms with Crippen molar-refractivity contribution in [2.24, 2.45) is 7.05 Å². The fourth-order valence-corrected chi connectivity index (χ4v) is 4.71. The lowest BCUT2D eigenvalue weighted by Gasteiger charge is -2.35. The molecule has 6 nitrogen and oxygen atoms in total. The number of hydrogen-bond donors (Lipinski definition) is 1. The van der Waals surface area contributed by atoms with E-state index in [1.54, 1.807) is 29.2 Å². The number of aryl methyl sites for hydroxylation is 2. The van der Waals surface area contributed by atoms with E-state index in [1.165, 1.54) is 0 Å². The van der Waals surface area contributed by atoms with E-state index in [0.717, 1.165) is 5.56 Å². The summed E-state index contributed by atoms with van der Waals surface area (Å²) >= 11 is 0. The maximum absolute atomic E-state index is 13.0. The number of rotatable bonds is 3. The molecule has 0 bridgehead atoms. The highest BCUT2D eigenvalue weighted by Gasteiger charge is 2.36. The second-order valence-electron chi connectivity index (χ2n) is 5.50. The van der Waals surface area contributed by atoms with Gasteiger partial charge in [-0.15, -0.1) is 0 Å². The van der Waals surface area contributed by atoms with Crippen LogP contribution in [0, 0.1) is 6.92 Å². The molecule has 0 unspecified atom stereocenters. The van der Waals surface area contributed by atoms with E-state index in [4.69, 9.17) is 0 Å². The molecule has 1 saturated heterocycles. The summed E-state index contributed by atoms with van der Waals surface area (Å²) in [7, 11) is -1.82. The Morgan fingerprint density at radius 3 is 2.64 bits per heavy atom. The SMILES string of the molecule is Cc1nn(C)cc1S(=O)(=O)N1CCNC[C@@H]1c1ccccc1. The largest absolute Gasteiger partial charge is 0.313 e. The molecular formula is C15H20N4O2S. The molecule has 0 saturated carbocycles. The number of nitrogens with zero attached hydrogens (tertiary/aromatic N) is 3. The zero-order valence-electron chi connectivity index (χ0n) is 12.7. The van der Waals surface area contributed by atoms with Gasteiger partial charge in [-0.1, -0.05) is 30.3 Å². The summed E-state index contributed by atoms with van der Waals surface area (Å²) in [5.74, 6) is 0. The minimum Gasteiger partial charge on any atom is -0.313 e. The fraction of sp³-hybridized carbons (Fsp3) is 0.400. The van der Waals surface area contributed by atoms with E-state index in [9.17, 15) is 8.42 Å². The molecular weight excluding hydrogens is 300 g/mol. The Bertz CT molecular complexity index is 755. The first-order valence-electron chi connectivity index (χ1n) is 7.28. The average molecular weight is 320 g/mol. The summed E-state index contributed by atoms with van der Waals surface area (Å²) < 4.78 is 29.2. The monoisotopic (exact) mass is 320 g/mol. The highest BCUT2D eigenvalue weighted by molar-refractivity contribution is 7.89. The Kier molecular flexibility index (Phi) is 4.03. The van der Waals surface area contributed by atoms with E-state index >= 15 is 0 Å². The molecule has 1 aliphatic heterocycles. The molecule has 22 heavy (non-hydrogen) atoms. The average Bonchev–Trinajstić information content (AvgIpc) is 2.87. The molecule has 0 amide bonds. The summed E-state index contributed by atoms with van der Waals surface area (Å²) in [6.07, 6.45) is 1.58. The molecule has 0 aliphatic carbocycles. The van der Waals surface area contributed by atoms with Crippen LogP contribution in [0.4, 0.5) is 0 Å². The third-order valence-electron chi connectivity index (χ3n) is 3.93. The Labute approximate surface area is 130 Å². The zero-order chi connectivity index (χ0) is 15.7. The quantitative estimate of drug-likeness (QED) is 0.918. The molecule has 1 aromatic heterocycles. The van der Waals surface area contributed by atoms with Gasteiger partial charge in [0.15, 0.2) is 0 Å². The molecule has 2 heterocycles. The van der Waals surface area contributed by atoms with E-state index < -0.39 is 10.0 Å². The van der Waals surface area contributed by atoms with Crippen molar-refractivity contribution in [2.45, 2.75) is 17.9 Å². The van der Waals surface area contributed by atoms with Gasteiger partial charge < -0.3 is 5.32 Å². The van der Waals surface area contributed by atoms with E-state index in [1.807, 2.05) is 30.3 Å². The lowest BCUT2D eigenvalue weighted by Crippen LogP contribution is -2.48. The van der Waals surface area contributed by atoms with Crippen LogP contribution in [0.25, 0.3) is 0 Å². The van der Waals surface area contributed by atoms with Crippen molar-refractivity contribution in [3.05, 3.63) is 47.8 Å². The van der Waals surface area contributed by atoms with Crippen molar-refractivity contribution >= 4 is 10.0 Å². The van der Waals surface area contributed by atoms with Crippen LogP contribution in [0.2, 0.25) is 0 Å². The van der Waals surface area contributed by atoms with Gasteiger partial charge in [-0.3, -0.25) is 4.68 Å². The zero-order valence-corrected chi connectivity index (χ0v) is 13.5. The van der Waals surface area contributed by atoms with Crippen molar-refractivity contribution in [3.8, 4) is 0 Å². The van der Waals surface area contributed by atoms with Gasteiger partial charge in [0.1, 0.15) is 4.90 Å². The summed E-state index contributed by atoms with van der Waals surface area (Å²) in [4.78, 5) is 0.290. The second kappa shape index (κ2) is 5.83. The molecule has 1 aliphatic rings. The molecule has 1 fully saturated rings. The topological polar surface area (TPSA) is 67.2 Å². The van der Waals surface area contributed by atoms with Crippen LogP contribution < -0.4 is 5.32 Å². The molecule has 0 spiro atoms. The third-order valence-corrected chi connectivity index (χ3v) is 5.94. The molecule has 7 heteroatoms. The lowest BCUT2D eigenvalue weighted by molar-refractivity contribution is 0.271. The third kappa shape index (κ3) is 2.67. The van der Waals surface area contributed by atoms with Gasteiger partial charge in [-0.05, 0) is 12.5 Å². The van der Waals surface area contributed by atoms with Crippen molar-refractivity contribution in [1.82, 2.24) is 19.4 Å². The second-order valence-corrected chi connectivity index (χ2v) is 7.36. The van der Waals surface area contributed by atoms with Gasteiger partial charge in [0.05, 0.1) is 11.7 Å². The van der Waals surface area contributed by atoms with Crippen LogP contribution in [-0.2, 0) is 17.1 Å². The Morgan fingerprint density at radius 1 is 1.27 bits per heavy atom. The predicted molar refractivity (Wildman–Crippen MR) is 83.9 cm³/mol. The van der Waals surface area contributed by atoms with Gasteiger partial charge in [-0.2, -0.15) is 9.40 Å². The lowest BCUT2D eigenvalue weighted by atomic mass is 10.1. The molecule has 2 aromatic rings. The van der Waals surface area contributed by atoms with Crippen LogP contribution in [0.15, 0.2) is 41.4 Å². The summed E-state index contributed by atoms with van der Waals surface area (Å²) in [5, 5.41) is 7.44. The summed E-state index contributed by atoms with van der Waals surface area (Å²) in [6, 6.07) is 9.55. The highest BCUT2D eigenvalue weighted by atomic mass is 32.2. The first-order valence-corrected chi connectivity index (χ1v) is 8.72. The highest BCUT2D eigenvalue weighted by Crippen LogP contribution is 2.29. The van der Waals surface area contributed by atoms with Gasteiger partial charge in [0, 0.05) is 32.9 Å². The maximum Gasteiger partial charge on any atom is 0.247 e. The van der Waals surface area contributed by atoms with Gasteiger partial charge in [-0.25, -0.2) is 8.42 Å². The fourth-order valence-electron chi connectivity index (χ4n) is 2.89. The minimum atomic E-state index is -3.56. The first kappa shape index (κ1) is 15.2. The van der Waals surface area contributed by atoms with Crippen LogP contribution >= 0.6 is 0 Å². The summed E-state index contributed by atoms with van der Waals surface area (Å²) in [6.45, 7) is 3.45. The van der Waals surface area contributed by atoms with E-state index in [2.05, 4.69) is 10.4 Å². The smallest absolute Gasteiger partial charge is 0.247 e. The minimum absolute atomic E-state index is 0.195. The van der Waals surface area contributed by atoms with Gasteiger partial charge in [0.2, 0.25) is 10.0 Å². The number of benzene rings is 1. The Balaban J connectivity index is 2.02. The van der Waals surface area contributed by atoms with E-state index in [-0.39, 0.29) is 10.9 Å². The van der Waals surface area contributed by atoms with E-state index in [0.29, 0.717) is 25.3 Å². The van der Waals surface area contributed by atoms with Crippen molar-refractivity contribution in [2.75, 3.05) is 19.6 Å². The van der Waals surface area contributed by atoms with Gasteiger partial charge in [0.25, 0.3) is 0 Å². The first-order chi connectivity index (χ1) is 10.5. The maximum atomic E-state index is 13.0. The normalized spacial score (nSPS) is 20.2. The predicted octanol–water partition coefficient (Wildman–Crippen LogP) is 1.06. The number of nitrogens with one attached hydrogen (secondary N) is 1. The van der Waals surface area contributed by atoms with Crippen molar-refractivity contribution in [1.29, 1.82) is 0 Å². The number of aromatic nitrogens is 2. The van der Waals surface area contributed by atoms with Crippen LogP contribution in [0.3, 0.4) is 0 Å². The molecule has 1 atom stereocenters. The number of piperazine rings is 1. The Morgan fingerprint density at radius 2 is 2.00 bits per heavy atom.